The summed E-state index contributed by atoms with van der Waals surface area (Å²) < 4.78 is 32.3. The molecule has 9 heteroatoms. The van der Waals surface area contributed by atoms with Gasteiger partial charge in [-0.1, -0.05) is 0 Å². The fourth-order valence-corrected chi connectivity index (χ4v) is 5.54. The van der Waals surface area contributed by atoms with Crippen LogP contribution in [-0.2, 0) is 19.6 Å². The van der Waals surface area contributed by atoms with E-state index < -0.39 is 10.0 Å². The molecule has 1 aromatic rings. The van der Waals surface area contributed by atoms with Gasteiger partial charge in [0.25, 0.3) is 0 Å². The Morgan fingerprint density at radius 2 is 1.74 bits per heavy atom. The number of hydrogen-bond acceptors (Lipinski definition) is 6. The summed E-state index contributed by atoms with van der Waals surface area (Å²) in [5, 5.41) is 8.87. The lowest BCUT2D eigenvalue weighted by Crippen LogP contribution is -2.49. The summed E-state index contributed by atoms with van der Waals surface area (Å²) in [4.78, 5) is 17.0. The highest BCUT2D eigenvalue weighted by Crippen LogP contribution is 2.22. The van der Waals surface area contributed by atoms with Crippen molar-refractivity contribution in [2.75, 3.05) is 46.3 Å². The predicted molar refractivity (Wildman–Crippen MR) is 117 cm³/mol. The van der Waals surface area contributed by atoms with Crippen LogP contribution in [0, 0.1) is 17.2 Å². The van der Waals surface area contributed by atoms with Crippen LogP contribution in [0.4, 0.5) is 0 Å². The van der Waals surface area contributed by atoms with E-state index in [4.69, 9.17) is 10.00 Å². The third-order valence-electron chi connectivity index (χ3n) is 6.03. The molecule has 1 aromatic carbocycles. The average Bonchev–Trinajstić information content (AvgIpc) is 2.73. The second-order valence-electron chi connectivity index (χ2n) is 8.70. The van der Waals surface area contributed by atoms with Crippen LogP contribution in [0.3, 0.4) is 0 Å². The SMILES string of the molecule is CC1CN(CC2CCN(C(=O)CN(C)S(=O)(=O)c3ccc(C#N)cc3)CC2)CC(C)O1. The van der Waals surface area contributed by atoms with E-state index in [2.05, 4.69) is 18.7 Å². The van der Waals surface area contributed by atoms with Gasteiger partial charge in [-0.25, -0.2) is 8.42 Å². The van der Waals surface area contributed by atoms with Gasteiger partial charge in [0.2, 0.25) is 15.9 Å². The number of morpholine rings is 1. The van der Waals surface area contributed by atoms with E-state index in [1.54, 1.807) is 4.90 Å². The predicted octanol–water partition coefficient (Wildman–Crippen LogP) is 1.53. The number of benzene rings is 1. The van der Waals surface area contributed by atoms with Crippen LogP contribution in [0.1, 0.15) is 32.3 Å². The standard InChI is InChI=1S/C22H32N4O4S/c1-17-13-25(14-18(2)30-17)15-20-8-10-26(11-9-20)22(27)16-24(3)31(28,29)21-6-4-19(12-23)5-7-21/h4-7,17-18,20H,8-11,13-16H2,1-3H3. The molecular weight excluding hydrogens is 416 g/mol. The molecule has 0 bridgehead atoms. The molecule has 0 N–H and O–H groups in total. The maximum Gasteiger partial charge on any atom is 0.243 e. The number of hydrogen-bond donors (Lipinski definition) is 0. The number of likely N-dealkylation sites (tertiary alicyclic amines) is 1. The average molecular weight is 449 g/mol. The van der Waals surface area contributed by atoms with Gasteiger partial charge >= 0.3 is 0 Å². The van der Waals surface area contributed by atoms with Crippen LogP contribution in [0.15, 0.2) is 29.2 Å². The summed E-state index contributed by atoms with van der Waals surface area (Å²) in [5.74, 6) is 0.369. The summed E-state index contributed by atoms with van der Waals surface area (Å²) in [6.45, 7) is 8.24. The molecule has 2 saturated heterocycles. The molecule has 2 unspecified atom stereocenters. The number of nitrogens with zero attached hydrogens (tertiary/aromatic N) is 4. The van der Waals surface area contributed by atoms with Gasteiger partial charge in [0.05, 0.1) is 35.3 Å². The molecule has 2 heterocycles. The van der Waals surface area contributed by atoms with E-state index in [-0.39, 0.29) is 29.6 Å². The van der Waals surface area contributed by atoms with Gasteiger partial charge in [-0.2, -0.15) is 9.57 Å². The second kappa shape index (κ2) is 10.1. The van der Waals surface area contributed by atoms with Crippen LogP contribution in [0.25, 0.3) is 0 Å². The maximum absolute atomic E-state index is 12.7. The minimum Gasteiger partial charge on any atom is -0.373 e. The van der Waals surface area contributed by atoms with Gasteiger partial charge < -0.3 is 9.64 Å². The van der Waals surface area contributed by atoms with Crippen molar-refractivity contribution in [1.82, 2.24) is 14.1 Å². The number of nitriles is 1. The minimum atomic E-state index is -3.78. The molecule has 1 amide bonds. The normalized spacial score (nSPS) is 23.6. The first-order valence-electron chi connectivity index (χ1n) is 10.8. The van der Waals surface area contributed by atoms with Crippen molar-refractivity contribution >= 4 is 15.9 Å². The van der Waals surface area contributed by atoms with Gasteiger partial charge in [0.15, 0.2) is 0 Å². The highest BCUT2D eigenvalue weighted by Gasteiger charge is 2.30. The zero-order chi connectivity index (χ0) is 22.6. The molecular formula is C22H32N4O4S. The molecule has 0 spiro atoms. The number of sulfonamides is 1. The van der Waals surface area contributed by atoms with Crippen LogP contribution in [0.2, 0.25) is 0 Å². The molecule has 170 valence electrons. The Morgan fingerprint density at radius 3 is 2.29 bits per heavy atom. The monoisotopic (exact) mass is 448 g/mol. The fraction of sp³-hybridized carbons (Fsp3) is 0.636. The number of ether oxygens (including phenoxy) is 1. The summed E-state index contributed by atoms with van der Waals surface area (Å²) in [5.41, 5.74) is 0.390. The topological polar surface area (TPSA) is 94.0 Å². The largest absolute Gasteiger partial charge is 0.373 e. The van der Waals surface area contributed by atoms with Crippen molar-refractivity contribution in [2.45, 2.75) is 43.8 Å². The third kappa shape index (κ3) is 6.04. The van der Waals surface area contributed by atoms with Crippen molar-refractivity contribution in [1.29, 1.82) is 5.26 Å². The number of rotatable bonds is 6. The molecule has 0 radical (unpaired) electrons. The maximum atomic E-state index is 12.7. The Balaban J connectivity index is 1.49. The molecule has 3 rings (SSSR count). The van der Waals surface area contributed by atoms with Crippen molar-refractivity contribution in [2.24, 2.45) is 5.92 Å². The first-order valence-corrected chi connectivity index (χ1v) is 12.2. The van der Waals surface area contributed by atoms with Gasteiger partial charge in [0.1, 0.15) is 0 Å². The van der Waals surface area contributed by atoms with Crippen LogP contribution < -0.4 is 0 Å². The van der Waals surface area contributed by atoms with E-state index in [0.29, 0.717) is 24.6 Å². The Morgan fingerprint density at radius 1 is 1.16 bits per heavy atom. The second-order valence-corrected chi connectivity index (χ2v) is 10.7. The summed E-state index contributed by atoms with van der Waals surface area (Å²) >= 11 is 0. The third-order valence-corrected chi connectivity index (χ3v) is 7.85. The highest BCUT2D eigenvalue weighted by molar-refractivity contribution is 7.89. The summed E-state index contributed by atoms with van der Waals surface area (Å²) in [6.07, 6.45) is 2.36. The number of likely N-dealkylation sites (N-methyl/N-ethyl adjacent to an activating group) is 1. The molecule has 2 fully saturated rings. The van der Waals surface area contributed by atoms with Crippen molar-refractivity contribution in [3.05, 3.63) is 29.8 Å². The van der Waals surface area contributed by atoms with E-state index in [0.717, 1.165) is 36.8 Å². The first kappa shape index (κ1) is 23.7. The van der Waals surface area contributed by atoms with E-state index in [9.17, 15) is 13.2 Å². The van der Waals surface area contributed by atoms with Crippen LogP contribution in [-0.4, -0.2) is 87.0 Å². The van der Waals surface area contributed by atoms with E-state index in [1.807, 2.05) is 6.07 Å². The molecule has 2 aliphatic heterocycles. The molecule has 8 nitrogen and oxygen atoms in total. The zero-order valence-electron chi connectivity index (χ0n) is 18.5. The van der Waals surface area contributed by atoms with E-state index in [1.165, 1.54) is 31.3 Å². The van der Waals surface area contributed by atoms with Crippen molar-refractivity contribution in [3.8, 4) is 6.07 Å². The Kier molecular flexibility index (Phi) is 7.70. The van der Waals surface area contributed by atoms with Gasteiger partial charge in [-0.3, -0.25) is 9.69 Å². The van der Waals surface area contributed by atoms with Gasteiger partial charge in [0, 0.05) is 39.8 Å². The Bertz CT molecular complexity index is 894. The quantitative estimate of drug-likeness (QED) is 0.655. The summed E-state index contributed by atoms with van der Waals surface area (Å²) in [7, 11) is -2.36. The van der Waals surface area contributed by atoms with Crippen LogP contribution >= 0.6 is 0 Å². The zero-order valence-corrected chi connectivity index (χ0v) is 19.3. The molecule has 2 aliphatic rings. The van der Waals surface area contributed by atoms with Crippen LogP contribution in [0.5, 0.6) is 0 Å². The Labute approximate surface area is 185 Å². The highest BCUT2D eigenvalue weighted by atomic mass is 32.2. The fourth-order valence-electron chi connectivity index (χ4n) is 4.42. The van der Waals surface area contributed by atoms with Gasteiger partial charge in [-0.15, -0.1) is 0 Å². The van der Waals surface area contributed by atoms with Crippen molar-refractivity contribution < 1.29 is 17.9 Å². The number of amides is 1. The van der Waals surface area contributed by atoms with Gasteiger partial charge in [-0.05, 0) is 56.9 Å². The molecule has 2 atom stereocenters. The Hall–Kier alpha value is -1.99. The number of carbonyl (C=O) groups is 1. The molecule has 0 aliphatic carbocycles. The first-order chi connectivity index (χ1) is 14.7. The lowest BCUT2D eigenvalue weighted by Gasteiger charge is -2.39. The molecule has 0 saturated carbocycles. The smallest absolute Gasteiger partial charge is 0.243 e. The molecule has 0 aromatic heterocycles. The number of carbonyl (C=O) groups excluding carboxylic acids is 1. The minimum absolute atomic E-state index is 0.0782. The van der Waals surface area contributed by atoms with Crippen molar-refractivity contribution in [3.63, 3.8) is 0 Å². The lowest BCUT2D eigenvalue weighted by molar-refractivity contribution is -0.132. The van der Waals surface area contributed by atoms with E-state index >= 15 is 0 Å². The lowest BCUT2D eigenvalue weighted by atomic mass is 9.95. The summed E-state index contributed by atoms with van der Waals surface area (Å²) in [6, 6.07) is 7.68. The number of piperidine rings is 1. The molecule has 31 heavy (non-hydrogen) atoms.